The Balaban J connectivity index is 2.03. The number of hydrogen-bond acceptors (Lipinski definition) is 6. The lowest BCUT2D eigenvalue weighted by Gasteiger charge is -2.32. The highest BCUT2D eigenvalue weighted by Crippen LogP contribution is 2.32. The second kappa shape index (κ2) is 14.7. The SMILES string of the molecule is CCCCNC(=O)C(C)N(Cc1ccc(C)cc1)C(=O)CN(c1ccc(C)cc1)S(=O)(=O)c1ccc(OC)c(OC)c1. The normalized spacial score (nSPS) is 11.9. The first-order valence-electron chi connectivity index (χ1n) is 14.0. The van der Waals surface area contributed by atoms with Gasteiger partial charge in [0.15, 0.2) is 11.5 Å². The monoisotopic (exact) mass is 595 g/mol. The van der Waals surface area contributed by atoms with Crippen molar-refractivity contribution < 1.29 is 27.5 Å². The van der Waals surface area contributed by atoms with Crippen molar-refractivity contribution in [3.05, 3.63) is 83.4 Å². The van der Waals surface area contributed by atoms with Crippen LogP contribution in [0.15, 0.2) is 71.6 Å². The van der Waals surface area contributed by atoms with Crippen LogP contribution in [-0.2, 0) is 26.2 Å². The first kappa shape index (κ1) is 32.5. The van der Waals surface area contributed by atoms with Crippen molar-refractivity contribution in [2.45, 2.75) is 58.0 Å². The van der Waals surface area contributed by atoms with E-state index in [-0.39, 0.29) is 23.1 Å². The zero-order chi connectivity index (χ0) is 30.9. The average molecular weight is 596 g/mol. The highest BCUT2D eigenvalue weighted by Gasteiger charge is 2.33. The molecule has 0 saturated heterocycles. The van der Waals surface area contributed by atoms with Crippen molar-refractivity contribution in [3.63, 3.8) is 0 Å². The van der Waals surface area contributed by atoms with Gasteiger partial charge in [-0.1, -0.05) is 60.9 Å². The Labute approximate surface area is 249 Å². The maximum Gasteiger partial charge on any atom is 0.264 e. The predicted molar refractivity (Wildman–Crippen MR) is 164 cm³/mol. The molecule has 0 bridgehead atoms. The molecule has 0 aliphatic carbocycles. The van der Waals surface area contributed by atoms with Crippen LogP contribution in [0.1, 0.15) is 43.4 Å². The fraction of sp³-hybridized carbons (Fsp3) is 0.375. The fourth-order valence-corrected chi connectivity index (χ4v) is 5.78. The van der Waals surface area contributed by atoms with Gasteiger partial charge >= 0.3 is 0 Å². The van der Waals surface area contributed by atoms with E-state index in [1.54, 1.807) is 31.2 Å². The van der Waals surface area contributed by atoms with Gasteiger partial charge in [0.05, 0.1) is 24.8 Å². The molecule has 3 aromatic rings. The van der Waals surface area contributed by atoms with Gasteiger partial charge in [0.25, 0.3) is 10.0 Å². The molecule has 3 rings (SSSR count). The number of unbranched alkanes of at least 4 members (excludes halogenated alkanes) is 1. The number of amides is 2. The lowest BCUT2D eigenvalue weighted by atomic mass is 10.1. The quantitative estimate of drug-likeness (QED) is 0.267. The Morgan fingerprint density at radius 1 is 0.881 bits per heavy atom. The van der Waals surface area contributed by atoms with E-state index in [9.17, 15) is 18.0 Å². The highest BCUT2D eigenvalue weighted by molar-refractivity contribution is 7.92. The summed E-state index contributed by atoms with van der Waals surface area (Å²) in [5, 5.41) is 2.89. The number of ether oxygens (including phenoxy) is 2. The Hall–Kier alpha value is -4.05. The molecule has 10 heteroatoms. The minimum Gasteiger partial charge on any atom is -0.493 e. The van der Waals surface area contributed by atoms with Crippen molar-refractivity contribution in [1.82, 2.24) is 10.2 Å². The molecule has 0 radical (unpaired) electrons. The average Bonchev–Trinajstić information content (AvgIpc) is 2.99. The molecule has 0 aliphatic heterocycles. The van der Waals surface area contributed by atoms with Gasteiger partial charge in [-0.15, -0.1) is 0 Å². The highest BCUT2D eigenvalue weighted by atomic mass is 32.2. The summed E-state index contributed by atoms with van der Waals surface area (Å²) in [5.41, 5.74) is 3.14. The van der Waals surface area contributed by atoms with Crippen LogP contribution in [0.2, 0.25) is 0 Å². The first-order chi connectivity index (χ1) is 20.0. The van der Waals surface area contributed by atoms with E-state index in [1.165, 1.54) is 37.3 Å². The van der Waals surface area contributed by atoms with E-state index in [4.69, 9.17) is 9.47 Å². The molecule has 1 atom stereocenters. The fourth-order valence-electron chi connectivity index (χ4n) is 4.35. The largest absolute Gasteiger partial charge is 0.493 e. The summed E-state index contributed by atoms with van der Waals surface area (Å²) in [4.78, 5) is 28.5. The van der Waals surface area contributed by atoms with Gasteiger partial charge in [0.2, 0.25) is 11.8 Å². The number of carbonyl (C=O) groups is 2. The molecule has 0 saturated carbocycles. The number of sulfonamides is 1. The minimum atomic E-state index is -4.25. The minimum absolute atomic E-state index is 0.0658. The van der Waals surface area contributed by atoms with Gasteiger partial charge in [-0.05, 0) is 57.0 Å². The van der Waals surface area contributed by atoms with Crippen molar-refractivity contribution in [1.29, 1.82) is 0 Å². The number of hydrogen-bond donors (Lipinski definition) is 1. The maximum atomic E-state index is 14.1. The number of benzene rings is 3. The summed E-state index contributed by atoms with van der Waals surface area (Å²) in [6.45, 7) is 7.67. The van der Waals surface area contributed by atoms with Crippen LogP contribution in [0.5, 0.6) is 11.5 Å². The lowest BCUT2D eigenvalue weighted by Crippen LogP contribution is -2.51. The molecule has 226 valence electrons. The van der Waals surface area contributed by atoms with Gasteiger partial charge in [-0.25, -0.2) is 8.42 Å². The molecule has 0 heterocycles. The zero-order valence-electron chi connectivity index (χ0n) is 25.2. The molecule has 0 aliphatic rings. The number of nitrogens with one attached hydrogen (secondary N) is 1. The summed E-state index contributed by atoms with van der Waals surface area (Å²) in [5.74, 6) is -0.194. The number of anilines is 1. The molecule has 1 N–H and O–H groups in total. The Kier molecular flexibility index (Phi) is 11.4. The van der Waals surface area contributed by atoms with E-state index in [2.05, 4.69) is 5.32 Å². The molecular weight excluding hydrogens is 554 g/mol. The summed E-state index contributed by atoms with van der Waals surface area (Å²) in [6.07, 6.45) is 1.73. The number of methoxy groups -OCH3 is 2. The summed E-state index contributed by atoms with van der Waals surface area (Å²) >= 11 is 0. The van der Waals surface area contributed by atoms with Crippen LogP contribution in [0.4, 0.5) is 5.69 Å². The van der Waals surface area contributed by atoms with Crippen molar-refractivity contribution in [3.8, 4) is 11.5 Å². The Morgan fingerprint density at radius 3 is 2.05 bits per heavy atom. The molecule has 3 aromatic carbocycles. The molecular formula is C32H41N3O6S. The Morgan fingerprint density at radius 2 is 1.48 bits per heavy atom. The number of aryl methyl sites for hydroxylation is 2. The standard InChI is InChI=1S/C32H41N3O6S/c1-7-8-19-33-32(37)25(4)34(21-26-13-9-23(2)10-14-26)31(36)22-35(27-15-11-24(3)12-16-27)42(38,39)28-17-18-29(40-5)30(20-28)41-6/h9-18,20,25H,7-8,19,21-22H2,1-6H3,(H,33,37). The van der Waals surface area contributed by atoms with E-state index < -0.39 is 28.5 Å². The van der Waals surface area contributed by atoms with Crippen molar-refractivity contribution in [2.24, 2.45) is 0 Å². The zero-order valence-corrected chi connectivity index (χ0v) is 26.0. The van der Waals surface area contributed by atoms with Gasteiger partial charge < -0.3 is 19.7 Å². The van der Waals surface area contributed by atoms with E-state index in [0.29, 0.717) is 18.0 Å². The maximum absolute atomic E-state index is 14.1. The third kappa shape index (κ3) is 8.03. The number of carbonyl (C=O) groups excluding carboxylic acids is 2. The van der Waals surface area contributed by atoms with Crippen molar-refractivity contribution >= 4 is 27.5 Å². The molecule has 9 nitrogen and oxygen atoms in total. The number of rotatable bonds is 14. The van der Waals surface area contributed by atoms with Crippen LogP contribution in [0.3, 0.4) is 0 Å². The molecule has 0 spiro atoms. The Bertz CT molecular complexity index is 1460. The second-order valence-corrected chi connectivity index (χ2v) is 12.1. The van der Waals surface area contributed by atoms with Crippen LogP contribution >= 0.6 is 0 Å². The van der Waals surface area contributed by atoms with Crippen molar-refractivity contribution in [2.75, 3.05) is 31.6 Å². The summed E-state index contributed by atoms with van der Waals surface area (Å²) in [6, 6.07) is 18.0. The first-order valence-corrected chi connectivity index (χ1v) is 15.4. The van der Waals surface area contributed by atoms with Crippen LogP contribution < -0.4 is 19.1 Å². The number of nitrogens with zero attached hydrogens (tertiary/aromatic N) is 2. The van der Waals surface area contributed by atoms with E-state index in [1.807, 2.05) is 45.0 Å². The molecule has 42 heavy (non-hydrogen) atoms. The van der Waals surface area contributed by atoms with Crippen LogP contribution in [-0.4, -0.2) is 58.5 Å². The van der Waals surface area contributed by atoms with Crippen LogP contribution in [0, 0.1) is 13.8 Å². The van der Waals surface area contributed by atoms with Gasteiger partial charge in [0.1, 0.15) is 12.6 Å². The lowest BCUT2D eigenvalue weighted by molar-refractivity contribution is -0.139. The van der Waals surface area contributed by atoms with E-state index in [0.717, 1.165) is 33.8 Å². The topological polar surface area (TPSA) is 105 Å². The molecule has 0 aromatic heterocycles. The third-order valence-electron chi connectivity index (χ3n) is 7.01. The summed E-state index contributed by atoms with van der Waals surface area (Å²) in [7, 11) is -1.36. The van der Waals surface area contributed by atoms with Crippen LogP contribution in [0.25, 0.3) is 0 Å². The molecule has 0 fully saturated rings. The van der Waals surface area contributed by atoms with Gasteiger partial charge in [0, 0.05) is 19.2 Å². The molecule has 1 unspecified atom stereocenters. The smallest absolute Gasteiger partial charge is 0.264 e. The molecule has 2 amide bonds. The predicted octanol–water partition coefficient (Wildman–Crippen LogP) is 4.85. The van der Waals surface area contributed by atoms with Gasteiger partial charge in [-0.2, -0.15) is 0 Å². The summed E-state index contributed by atoms with van der Waals surface area (Å²) < 4.78 is 39.9. The van der Waals surface area contributed by atoms with Gasteiger partial charge in [-0.3, -0.25) is 13.9 Å². The second-order valence-electron chi connectivity index (χ2n) is 10.2. The van der Waals surface area contributed by atoms with E-state index >= 15 is 0 Å². The third-order valence-corrected chi connectivity index (χ3v) is 8.78.